The van der Waals surface area contributed by atoms with Gasteiger partial charge in [-0.2, -0.15) is 0 Å². The number of amides is 1. The molecule has 3 aromatic rings. The fraction of sp³-hybridized carbons (Fsp3) is 0.304. The molecule has 0 unspecified atom stereocenters. The number of rotatable bonds is 5. The minimum atomic E-state index is -4.22. The molecule has 0 aliphatic carbocycles. The molecule has 1 aliphatic rings. The number of aromatic nitrogens is 1. The van der Waals surface area contributed by atoms with E-state index in [1.807, 2.05) is 0 Å². The second kappa shape index (κ2) is 8.96. The Balaban J connectivity index is 2.01. The van der Waals surface area contributed by atoms with Crippen LogP contribution in [0.3, 0.4) is 0 Å². The number of carbonyl (C=O) groups excluding carboxylic acids is 1. The number of ether oxygens (including phenoxy) is 2. The molecule has 1 fully saturated rings. The minimum absolute atomic E-state index is 0.0199. The van der Waals surface area contributed by atoms with Crippen molar-refractivity contribution in [2.45, 2.75) is 29.1 Å². The summed E-state index contributed by atoms with van der Waals surface area (Å²) in [6, 6.07) is 9.31. The van der Waals surface area contributed by atoms with E-state index in [2.05, 4.69) is 4.98 Å². The standard InChI is InChI=1S/C23H23ClN2O5S/c1-30-16-7-9-20(31-2)21(13-16)32(28,29)22-17-12-15(24)6-8-19(17)25-14-18(22)23(27)26-10-4-3-5-11-26/h6-9,12-14H,3-5,10-11H2,1-2H3. The molecule has 4 rings (SSSR count). The number of likely N-dealkylation sites (tertiary alicyclic amines) is 1. The van der Waals surface area contributed by atoms with E-state index in [9.17, 15) is 13.2 Å². The topological polar surface area (TPSA) is 85.8 Å². The van der Waals surface area contributed by atoms with Gasteiger partial charge >= 0.3 is 0 Å². The number of hydrogen-bond acceptors (Lipinski definition) is 6. The van der Waals surface area contributed by atoms with Crippen LogP contribution in [0.25, 0.3) is 10.9 Å². The Labute approximate surface area is 191 Å². The maximum absolute atomic E-state index is 14.0. The zero-order valence-electron chi connectivity index (χ0n) is 17.8. The van der Waals surface area contributed by atoms with E-state index in [0.717, 1.165) is 19.3 Å². The van der Waals surface area contributed by atoms with Crippen LogP contribution in [0.1, 0.15) is 29.6 Å². The van der Waals surface area contributed by atoms with Crippen LogP contribution < -0.4 is 9.47 Å². The van der Waals surface area contributed by atoms with Gasteiger partial charge in [-0.05, 0) is 49.6 Å². The number of hydrogen-bond donors (Lipinski definition) is 0. The van der Waals surface area contributed by atoms with Gasteiger partial charge in [0.1, 0.15) is 16.4 Å². The van der Waals surface area contributed by atoms with Gasteiger partial charge in [0, 0.05) is 35.8 Å². The molecule has 1 amide bonds. The van der Waals surface area contributed by atoms with Gasteiger partial charge < -0.3 is 14.4 Å². The Morgan fingerprint density at radius 2 is 1.78 bits per heavy atom. The first kappa shape index (κ1) is 22.4. The zero-order valence-corrected chi connectivity index (χ0v) is 19.4. The van der Waals surface area contributed by atoms with E-state index < -0.39 is 9.84 Å². The lowest BCUT2D eigenvalue weighted by atomic mass is 10.1. The van der Waals surface area contributed by atoms with Crippen LogP contribution >= 0.6 is 11.6 Å². The maximum atomic E-state index is 14.0. The second-order valence-electron chi connectivity index (χ2n) is 7.54. The van der Waals surface area contributed by atoms with Crippen molar-refractivity contribution in [1.29, 1.82) is 0 Å². The number of nitrogens with zero attached hydrogens (tertiary/aromatic N) is 2. The van der Waals surface area contributed by atoms with Crippen LogP contribution in [0.2, 0.25) is 5.02 Å². The van der Waals surface area contributed by atoms with Gasteiger partial charge in [-0.15, -0.1) is 0 Å². The van der Waals surface area contributed by atoms with E-state index in [4.69, 9.17) is 21.1 Å². The number of piperidine rings is 1. The number of halogens is 1. The quantitative estimate of drug-likeness (QED) is 0.546. The van der Waals surface area contributed by atoms with Gasteiger partial charge in [0.05, 0.1) is 30.2 Å². The second-order valence-corrected chi connectivity index (χ2v) is 9.83. The van der Waals surface area contributed by atoms with Crippen LogP contribution in [-0.4, -0.2) is 51.5 Å². The number of benzene rings is 2. The summed E-state index contributed by atoms with van der Waals surface area (Å²) in [5.41, 5.74) is 0.441. The highest BCUT2D eigenvalue weighted by atomic mass is 35.5. The number of fused-ring (bicyclic) bond motifs is 1. The third-order valence-corrected chi connectivity index (χ3v) is 7.69. The molecule has 32 heavy (non-hydrogen) atoms. The van der Waals surface area contributed by atoms with E-state index in [-0.39, 0.29) is 32.4 Å². The highest BCUT2D eigenvalue weighted by molar-refractivity contribution is 7.92. The Hall–Kier alpha value is -2.84. The molecule has 9 heteroatoms. The molecule has 0 atom stereocenters. The molecular formula is C23H23ClN2O5S. The molecule has 7 nitrogen and oxygen atoms in total. The van der Waals surface area contributed by atoms with Gasteiger partial charge in [0.2, 0.25) is 9.84 Å². The monoisotopic (exact) mass is 474 g/mol. The van der Waals surface area contributed by atoms with Gasteiger partial charge in [0.15, 0.2) is 0 Å². The molecule has 1 saturated heterocycles. The molecule has 1 aromatic heterocycles. The summed E-state index contributed by atoms with van der Waals surface area (Å²) in [4.78, 5) is 19.2. The third kappa shape index (κ3) is 4.00. The molecule has 1 aliphatic heterocycles. The Morgan fingerprint density at radius 3 is 2.47 bits per heavy atom. The number of pyridine rings is 1. The van der Waals surface area contributed by atoms with Gasteiger partial charge in [0.25, 0.3) is 5.91 Å². The van der Waals surface area contributed by atoms with Crippen molar-refractivity contribution in [3.05, 3.63) is 53.2 Å². The fourth-order valence-corrected chi connectivity index (χ4v) is 5.92. The molecule has 2 aromatic carbocycles. The molecule has 2 heterocycles. The normalized spacial score (nSPS) is 14.4. The molecular weight excluding hydrogens is 452 g/mol. The van der Waals surface area contributed by atoms with Crippen molar-refractivity contribution in [3.63, 3.8) is 0 Å². The molecule has 168 valence electrons. The molecule has 0 bridgehead atoms. The van der Waals surface area contributed by atoms with Crippen LogP contribution in [-0.2, 0) is 9.84 Å². The fourth-order valence-electron chi connectivity index (χ4n) is 3.95. The summed E-state index contributed by atoms with van der Waals surface area (Å²) < 4.78 is 38.6. The molecule has 0 radical (unpaired) electrons. The SMILES string of the molecule is COc1ccc(OC)c(S(=O)(=O)c2c(C(=O)N3CCCCC3)cnc3ccc(Cl)cc23)c1. The molecule has 0 spiro atoms. The number of methoxy groups -OCH3 is 2. The first-order valence-corrected chi connectivity index (χ1v) is 12.1. The van der Waals surface area contributed by atoms with Crippen molar-refractivity contribution in [2.24, 2.45) is 0 Å². The predicted octanol–water partition coefficient (Wildman–Crippen LogP) is 4.36. The van der Waals surface area contributed by atoms with Gasteiger partial charge in [-0.3, -0.25) is 9.78 Å². The first-order valence-electron chi connectivity index (χ1n) is 10.2. The Morgan fingerprint density at radius 1 is 1.03 bits per heavy atom. The van der Waals surface area contributed by atoms with Crippen molar-refractivity contribution in [1.82, 2.24) is 9.88 Å². The average molecular weight is 475 g/mol. The average Bonchev–Trinajstić information content (AvgIpc) is 2.82. The highest BCUT2D eigenvalue weighted by Gasteiger charge is 2.32. The summed E-state index contributed by atoms with van der Waals surface area (Å²) in [5, 5.41) is 0.626. The molecule has 0 N–H and O–H groups in total. The number of sulfone groups is 1. The van der Waals surface area contributed by atoms with E-state index >= 15 is 0 Å². The van der Waals surface area contributed by atoms with Crippen LogP contribution in [0.5, 0.6) is 11.5 Å². The minimum Gasteiger partial charge on any atom is -0.497 e. The summed E-state index contributed by atoms with van der Waals surface area (Å²) >= 11 is 6.21. The first-order chi connectivity index (χ1) is 15.4. The van der Waals surface area contributed by atoms with E-state index in [0.29, 0.717) is 29.4 Å². The Kier molecular flexibility index (Phi) is 6.26. The summed E-state index contributed by atoms with van der Waals surface area (Å²) in [7, 11) is -1.38. The van der Waals surface area contributed by atoms with Crippen molar-refractivity contribution in [3.8, 4) is 11.5 Å². The summed E-state index contributed by atoms with van der Waals surface area (Å²) in [6.45, 7) is 1.16. The van der Waals surface area contributed by atoms with Crippen LogP contribution in [0.4, 0.5) is 0 Å². The Bertz CT molecular complexity index is 1290. The lowest BCUT2D eigenvalue weighted by Crippen LogP contribution is -2.36. The van der Waals surface area contributed by atoms with Crippen molar-refractivity contribution < 1.29 is 22.7 Å². The maximum Gasteiger partial charge on any atom is 0.256 e. The summed E-state index contributed by atoms with van der Waals surface area (Å²) in [5.74, 6) is 0.137. The largest absolute Gasteiger partial charge is 0.497 e. The lowest BCUT2D eigenvalue weighted by molar-refractivity contribution is 0.0720. The van der Waals surface area contributed by atoms with Crippen molar-refractivity contribution in [2.75, 3.05) is 27.3 Å². The van der Waals surface area contributed by atoms with Gasteiger partial charge in [-0.25, -0.2) is 8.42 Å². The zero-order chi connectivity index (χ0) is 22.9. The van der Waals surface area contributed by atoms with E-state index in [1.165, 1.54) is 38.6 Å². The lowest BCUT2D eigenvalue weighted by Gasteiger charge is -2.27. The van der Waals surface area contributed by atoms with Crippen LogP contribution in [0.15, 0.2) is 52.4 Å². The van der Waals surface area contributed by atoms with E-state index in [1.54, 1.807) is 23.1 Å². The predicted molar refractivity (Wildman–Crippen MR) is 122 cm³/mol. The summed E-state index contributed by atoms with van der Waals surface area (Å²) in [6.07, 6.45) is 4.14. The smallest absolute Gasteiger partial charge is 0.256 e. The third-order valence-electron chi connectivity index (χ3n) is 5.58. The van der Waals surface area contributed by atoms with Crippen molar-refractivity contribution >= 4 is 38.2 Å². The highest BCUT2D eigenvalue weighted by Crippen LogP contribution is 2.38. The molecule has 0 saturated carbocycles. The van der Waals surface area contributed by atoms with Gasteiger partial charge in [-0.1, -0.05) is 11.6 Å². The van der Waals surface area contributed by atoms with Crippen LogP contribution in [0, 0.1) is 0 Å². The number of carbonyl (C=O) groups is 1.